The number of nitrogens with one attached hydrogen (secondary N) is 1. The summed E-state index contributed by atoms with van der Waals surface area (Å²) in [5.41, 5.74) is -0.663. The number of carbonyl (C=O) groups excluding carboxylic acids is 1. The minimum absolute atomic E-state index is 0.0287. The van der Waals surface area contributed by atoms with Gasteiger partial charge >= 0.3 is 6.18 Å². The fraction of sp³-hybridized carbons (Fsp3) is 0.208. The number of alkyl halides is 3. The third-order valence-corrected chi connectivity index (χ3v) is 5.02. The number of para-hydroxylation sites is 1. The molecule has 10 heteroatoms. The van der Waals surface area contributed by atoms with Crippen LogP contribution in [0.2, 0.25) is 0 Å². The van der Waals surface area contributed by atoms with E-state index >= 15 is 0 Å². The number of amides is 1. The van der Waals surface area contributed by atoms with E-state index in [1.54, 1.807) is 18.2 Å². The highest BCUT2D eigenvalue weighted by Gasteiger charge is 2.31. The van der Waals surface area contributed by atoms with E-state index in [4.69, 9.17) is 0 Å². The smallest absolute Gasteiger partial charge is 0.319 e. The first-order valence-corrected chi connectivity index (χ1v) is 10.4. The standard InChI is InChI=1S/C24H20F3N5O2/c1-14(2)13-32-21(15-5-3-6-16(11-15)24(25,26)27)31-20-17(23(32)34)7-4-8-18(20)30-22(33)19-12-28-9-10-29-19/h3-12,14H,13H2,1-2H3,(H,30,33). The molecular formula is C24H20F3N5O2. The van der Waals surface area contributed by atoms with Gasteiger partial charge in [0, 0.05) is 24.5 Å². The molecule has 34 heavy (non-hydrogen) atoms. The maximum absolute atomic E-state index is 13.4. The number of benzene rings is 2. The number of aromatic nitrogens is 4. The Labute approximate surface area is 192 Å². The molecule has 0 saturated heterocycles. The molecule has 0 bridgehead atoms. The first-order valence-electron chi connectivity index (χ1n) is 10.4. The van der Waals surface area contributed by atoms with E-state index in [9.17, 15) is 22.8 Å². The summed E-state index contributed by atoms with van der Waals surface area (Å²) in [6.07, 6.45) is -0.467. The van der Waals surface area contributed by atoms with E-state index < -0.39 is 23.2 Å². The van der Waals surface area contributed by atoms with Gasteiger partial charge in [0.2, 0.25) is 0 Å². The summed E-state index contributed by atoms with van der Waals surface area (Å²) < 4.78 is 41.4. The Kier molecular flexibility index (Phi) is 6.14. The van der Waals surface area contributed by atoms with Gasteiger partial charge in [-0.25, -0.2) is 9.97 Å². The predicted molar refractivity (Wildman–Crippen MR) is 121 cm³/mol. The Morgan fingerprint density at radius 3 is 2.56 bits per heavy atom. The van der Waals surface area contributed by atoms with Crippen LogP contribution >= 0.6 is 0 Å². The molecule has 4 aromatic rings. The molecule has 2 aromatic carbocycles. The zero-order valence-electron chi connectivity index (χ0n) is 18.3. The van der Waals surface area contributed by atoms with Crippen molar-refractivity contribution in [2.75, 3.05) is 5.32 Å². The number of anilines is 1. The second-order valence-electron chi connectivity index (χ2n) is 8.07. The van der Waals surface area contributed by atoms with Crippen LogP contribution in [0, 0.1) is 5.92 Å². The van der Waals surface area contributed by atoms with Gasteiger partial charge in [-0.05, 0) is 30.2 Å². The predicted octanol–water partition coefficient (Wildman–Crippen LogP) is 4.78. The first kappa shape index (κ1) is 23.1. The number of nitrogens with zero attached hydrogens (tertiary/aromatic N) is 4. The average Bonchev–Trinajstić information content (AvgIpc) is 2.81. The molecule has 0 unspecified atom stereocenters. The Hall–Kier alpha value is -4.08. The molecule has 2 aromatic heterocycles. The number of fused-ring (bicyclic) bond motifs is 1. The van der Waals surface area contributed by atoms with E-state index in [-0.39, 0.29) is 46.1 Å². The maximum Gasteiger partial charge on any atom is 0.416 e. The first-order chi connectivity index (χ1) is 16.1. The molecule has 0 atom stereocenters. The van der Waals surface area contributed by atoms with E-state index in [1.165, 1.54) is 35.3 Å². The lowest BCUT2D eigenvalue weighted by molar-refractivity contribution is -0.137. The molecule has 4 rings (SSSR count). The molecule has 0 aliphatic carbocycles. The van der Waals surface area contributed by atoms with Crippen molar-refractivity contribution in [1.29, 1.82) is 0 Å². The van der Waals surface area contributed by atoms with E-state index in [2.05, 4.69) is 20.3 Å². The van der Waals surface area contributed by atoms with Crippen LogP contribution in [0.3, 0.4) is 0 Å². The molecule has 174 valence electrons. The summed E-state index contributed by atoms with van der Waals surface area (Å²) in [5.74, 6) is -0.450. The Morgan fingerprint density at radius 2 is 1.88 bits per heavy atom. The third-order valence-electron chi connectivity index (χ3n) is 5.02. The van der Waals surface area contributed by atoms with Crippen LogP contribution in [0.4, 0.5) is 18.9 Å². The quantitative estimate of drug-likeness (QED) is 0.456. The van der Waals surface area contributed by atoms with Crippen molar-refractivity contribution < 1.29 is 18.0 Å². The lowest BCUT2D eigenvalue weighted by Crippen LogP contribution is -2.26. The monoisotopic (exact) mass is 467 g/mol. The minimum Gasteiger partial charge on any atom is -0.319 e. The van der Waals surface area contributed by atoms with Crippen LogP contribution in [-0.4, -0.2) is 25.4 Å². The molecule has 7 nitrogen and oxygen atoms in total. The average molecular weight is 467 g/mol. The van der Waals surface area contributed by atoms with Gasteiger partial charge in [0.15, 0.2) is 0 Å². The Bertz CT molecular complexity index is 1420. The van der Waals surface area contributed by atoms with Gasteiger partial charge in [0.25, 0.3) is 11.5 Å². The van der Waals surface area contributed by atoms with Gasteiger partial charge in [-0.1, -0.05) is 32.0 Å². The fourth-order valence-electron chi connectivity index (χ4n) is 3.54. The van der Waals surface area contributed by atoms with Gasteiger partial charge in [-0.15, -0.1) is 0 Å². The molecule has 0 radical (unpaired) electrons. The van der Waals surface area contributed by atoms with Gasteiger partial charge < -0.3 is 5.32 Å². The van der Waals surface area contributed by atoms with Crippen molar-refractivity contribution in [3.8, 4) is 11.4 Å². The highest BCUT2D eigenvalue weighted by molar-refractivity contribution is 6.07. The van der Waals surface area contributed by atoms with Crippen LogP contribution in [-0.2, 0) is 12.7 Å². The number of halogens is 3. The Balaban J connectivity index is 1.92. The molecule has 0 aliphatic heterocycles. The van der Waals surface area contributed by atoms with Crippen molar-refractivity contribution in [1.82, 2.24) is 19.5 Å². The second-order valence-corrected chi connectivity index (χ2v) is 8.07. The summed E-state index contributed by atoms with van der Waals surface area (Å²) in [6, 6.07) is 9.39. The van der Waals surface area contributed by atoms with Crippen LogP contribution in [0.5, 0.6) is 0 Å². The fourth-order valence-corrected chi connectivity index (χ4v) is 3.54. The molecule has 1 amide bonds. The Morgan fingerprint density at radius 1 is 1.12 bits per heavy atom. The molecule has 0 aliphatic rings. The van der Waals surface area contributed by atoms with Crippen molar-refractivity contribution in [2.45, 2.75) is 26.6 Å². The third kappa shape index (κ3) is 4.66. The second kappa shape index (κ2) is 9.05. The normalized spacial score (nSPS) is 11.7. The maximum atomic E-state index is 13.4. The number of hydrogen-bond donors (Lipinski definition) is 1. The number of carbonyl (C=O) groups is 1. The van der Waals surface area contributed by atoms with Crippen LogP contribution in [0.15, 0.2) is 65.8 Å². The summed E-state index contributed by atoms with van der Waals surface area (Å²) in [6.45, 7) is 4.04. The highest BCUT2D eigenvalue weighted by Crippen LogP contribution is 2.32. The van der Waals surface area contributed by atoms with E-state index in [0.717, 1.165) is 12.1 Å². The van der Waals surface area contributed by atoms with Gasteiger partial charge in [-0.3, -0.25) is 19.1 Å². The highest BCUT2D eigenvalue weighted by atomic mass is 19.4. The zero-order valence-corrected chi connectivity index (χ0v) is 18.3. The van der Waals surface area contributed by atoms with Gasteiger partial charge in [-0.2, -0.15) is 13.2 Å². The largest absolute Gasteiger partial charge is 0.416 e. The molecule has 0 saturated carbocycles. The topological polar surface area (TPSA) is 89.8 Å². The van der Waals surface area contributed by atoms with Crippen LogP contribution < -0.4 is 10.9 Å². The summed E-state index contributed by atoms with van der Waals surface area (Å²) in [5, 5.41) is 2.90. The molecule has 1 N–H and O–H groups in total. The molecular weight excluding hydrogens is 447 g/mol. The minimum atomic E-state index is -4.55. The molecule has 0 fully saturated rings. The summed E-state index contributed by atoms with van der Waals surface area (Å²) >= 11 is 0. The van der Waals surface area contributed by atoms with E-state index in [0.29, 0.717) is 0 Å². The SMILES string of the molecule is CC(C)Cn1c(-c2cccc(C(F)(F)F)c2)nc2c(NC(=O)c3cnccn3)cccc2c1=O. The van der Waals surface area contributed by atoms with Crippen molar-refractivity contribution in [2.24, 2.45) is 5.92 Å². The molecule has 0 spiro atoms. The lowest BCUT2D eigenvalue weighted by atomic mass is 10.1. The van der Waals surface area contributed by atoms with Gasteiger partial charge in [0.05, 0.1) is 22.8 Å². The van der Waals surface area contributed by atoms with Crippen molar-refractivity contribution in [3.63, 3.8) is 0 Å². The van der Waals surface area contributed by atoms with Crippen molar-refractivity contribution in [3.05, 3.63) is 82.7 Å². The summed E-state index contributed by atoms with van der Waals surface area (Å²) in [4.78, 5) is 38.4. The van der Waals surface area contributed by atoms with E-state index in [1.807, 2.05) is 13.8 Å². The number of hydrogen-bond acceptors (Lipinski definition) is 5. The van der Waals surface area contributed by atoms with Crippen LogP contribution in [0.1, 0.15) is 29.9 Å². The van der Waals surface area contributed by atoms with Crippen molar-refractivity contribution >= 4 is 22.5 Å². The van der Waals surface area contributed by atoms with Gasteiger partial charge in [0.1, 0.15) is 17.0 Å². The number of rotatable bonds is 5. The van der Waals surface area contributed by atoms with Crippen LogP contribution in [0.25, 0.3) is 22.3 Å². The molecule has 2 heterocycles. The lowest BCUT2D eigenvalue weighted by Gasteiger charge is -2.17. The summed E-state index contributed by atoms with van der Waals surface area (Å²) in [7, 11) is 0. The zero-order chi connectivity index (χ0) is 24.5.